The van der Waals surface area contributed by atoms with Crippen molar-refractivity contribution >= 4 is 17.6 Å². The second-order valence-electron chi connectivity index (χ2n) is 6.95. The topological polar surface area (TPSA) is 54.9 Å². The summed E-state index contributed by atoms with van der Waals surface area (Å²) < 4.78 is 10.9. The fourth-order valence-corrected chi connectivity index (χ4v) is 3.50. The Bertz CT molecular complexity index is 576. The van der Waals surface area contributed by atoms with Crippen molar-refractivity contribution in [3.63, 3.8) is 0 Å². The van der Waals surface area contributed by atoms with Gasteiger partial charge in [-0.3, -0.25) is 4.99 Å². The Morgan fingerprint density at radius 1 is 1.31 bits per heavy atom. The zero-order chi connectivity index (χ0) is 18.8. The van der Waals surface area contributed by atoms with Crippen molar-refractivity contribution in [1.29, 1.82) is 0 Å². The van der Waals surface area contributed by atoms with Gasteiger partial charge in [0, 0.05) is 45.5 Å². The molecule has 0 aliphatic heterocycles. The first kappa shape index (κ1) is 21.0. The standard InChI is InChI=1S/C20H32ClN3O2/c1-4-22-19(24-15-20(9-6-10-20)11-12-25-2)23-14-18(26-3)16-7-5-8-17(21)13-16/h5,7-8,13,18H,4,6,9-12,14-15H2,1-3H3,(H2,22,23,24). The van der Waals surface area contributed by atoms with Crippen LogP contribution < -0.4 is 10.6 Å². The number of halogens is 1. The summed E-state index contributed by atoms with van der Waals surface area (Å²) in [6, 6.07) is 7.78. The second-order valence-corrected chi connectivity index (χ2v) is 7.39. The van der Waals surface area contributed by atoms with Crippen LogP contribution >= 0.6 is 11.6 Å². The third kappa shape index (κ3) is 6.15. The van der Waals surface area contributed by atoms with Crippen LogP contribution in [0.3, 0.4) is 0 Å². The molecule has 0 spiro atoms. The SMILES string of the molecule is CCNC(=NCC1(CCOC)CCC1)NCC(OC)c1cccc(Cl)c1. The monoisotopic (exact) mass is 381 g/mol. The third-order valence-electron chi connectivity index (χ3n) is 5.13. The minimum atomic E-state index is -0.0799. The van der Waals surface area contributed by atoms with Crippen LogP contribution in [0, 0.1) is 5.41 Å². The summed E-state index contributed by atoms with van der Waals surface area (Å²) in [6.07, 6.45) is 4.77. The van der Waals surface area contributed by atoms with E-state index in [1.807, 2.05) is 24.3 Å². The van der Waals surface area contributed by atoms with Crippen molar-refractivity contribution in [2.75, 3.05) is 40.5 Å². The molecule has 1 saturated carbocycles. The smallest absolute Gasteiger partial charge is 0.191 e. The molecule has 2 N–H and O–H groups in total. The van der Waals surface area contributed by atoms with Crippen molar-refractivity contribution in [2.24, 2.45) is 10.4 Å². The van der Waals surface area contributed by atoms with Crippen LogP contribution in [0.25, 0.3) is 0 Å². The van der Waals surface area contributed by atoms with Gasteiger partial charge in [0.2, 0.25) is 0 Å². The maximum Gasteiger partial charge on any atom is 0.191 e. The van der Waals surface area contributed by atoms with Gasteiger partial charge in [0.05, 0.1) is 6.10 Å². The van der Waals surface area contributed by atoms with Gasteiger partial charge in [-0.05, 0) is 49.3 Å². The number of hydrogen-bond acceptors (Lipinski definition) is 3. The Labute approximate surface area is 162 Å². The van der Waals surface area contributed by atoms with E-state index in [0.29, 0.717) is 12.0 Å². The quantitative estimate of drug-likeness (QED) is 0.478. The minimum absolute atomic E-state index is 0.0799. The molecule has 2 rings (SSSR count). The molecule has 1 unspecified atom stereocenters. The van der Waals surface area contributed by atoms with Gasteiger partial charge < -0.3 is 20.1 Å². The van der Waals surface area contributed by atoms with E-state index in [2.05, 4.69) is 17.6 Å². The van der Waals surface area contributed by atoms with Crippen molar-refractivity contribution < 1.29 is 9.47 Å². The van der Waals surface area contributed by atoms with Gasteiger partial charge in [-0.15, -0.1) is 0 Å². The lowest BCUT2D eigenvalue weighted by Gasteiger charge is -2.40. The summed E-state index contributed by atoms with van der Waals surface area (Å²) in [5, 5.41) is 7.45. The van der Waals surface area contributed by atoms with Crippen LogP contribution in [0.15, 0.2) is 29.3 Å². The number of nitrogens with one attached hydrogen (secondary N) is 2. The van der Waals surface area contributed by atoms with Crippen LogP contribution in [0.2, 0.25) is 5.02 Å². The summed E-state index contributed by atoms with van der Waals surface area (Å²) in [4.78, 5) is 4.84. The van der Waals surface area contributed by atoms with E-state index in [4.69, 9.17) is 26.1 Å². The van der Waals surface area contributed by atoms with Gasteiger partial charge >= 0.3 is 0 Å². The predicted molar refractivity (Wildman–Crippen MR) is 108 cm³/mol. The molecule has 0 saturated heterocycles. The van der Waals surface area contributed by atoms with Crippen LogP contribution in [0.1, 0.15) is 44.3 Å². The molecule has 1 aliphatic rings. The van der Waals surface area contributed by atoms with Crippen LogP contribution in [0.5, 0.6) is 0 Å². The molecule has 26 heavy (non-hydrogen) atoms. The largest absolute Gasteiger partial charge is 0.385 e. The summed E-state index contributed by atoms with van der Waals surface area (Å²) >= 11 is 6.10. The number of aliphatic imine (C=N–C) groups is 1. The number of rotatable bonds is 10. The average molecular weight is 382 g/mol. The van der Waals surface area contributed by atoms with Gasteiger partial charge in [0.15, 0.2) is 5.96 Å². The van der Waals surface area contributed by atoms with Gasteiger partial charge in [0.1, 0.15) is 0 Å². The van der Waals surface area contributed by atoms with Gasteiger partial charge in [-0.25, -0.2) is 0 Å². The van der Waals surface area contributed by atoms with Crippen molar-refractivity contribution in [3.8, 4) is 0 Å². The van der Waals surface area contributed by atoms with E-state index in [-0.39, 0.29) is 6.10 Å². The van der Waals surface area contributed by atoms with Gasteiger partial charge in [0.25, 0.3) is 0 Å². The summed E-state index contributed by atoms with van der Waals surface area (Å²) in [5.41, 5.74) is 1.37. The molecule has 0 amide bonds. The zero-order valence-corrected chi connectivity index (χ0v) is 16.9. The van der Waals surface area contributed by atoms with Gasteiger partial charge in [-0.2, -0.15) is 0 Å². The van der Waals surface area contributed by atoms with Crippen molar-refractivity contribution in [2.45, 2.75) is 38.7 Å². The number of benzene rings is 1. The molecule has 5 nitrogen and oxygen atoms in total. The maximum atomic E-state index is 6.10. The molecule has 1 aromatic rings. The molecular formula is C20H32ClN3O2. The fourth-order valence-electron chi connectivity index (χ4n) is 3.30. The molecule has 1 aliphatic carbocycles. The molecule has 0 bridgehead atoms. The molecule has 1 atom stereocenters. The second kappa shape index (κ2) is 10.8. The molecule has 146 valence electrons. The van der Waals surface area contributed by atoms with Crippen LogP contribution in [0.4, 0.5) is 0 Å². The summed E-state index contributed by atoms with van der Waals surface area (Å²) in [5.74, 6) is 0.834. The maximum absolute atomic E-state index is 6.10. The molecule has 0 aromatic heterocycles. The highest BCUT2D eigenvalue weighted by molar-refractivity contribution is 6.30. The van der Waals surface area contributed by atoms with E-state index < -0.39 is 0 Å². The zero-order valence-electron chi connectivity index (χ0n) is 16.2. The Kier molecular flexibility index (Phi) is 8.69. The lowest BCUT2D eigenvalue weighted by atomic mass is 9.67. The highest BCUT2D eigenvalue weighted by atomic mass is 35.5. The average Bonchev–Trinajstić information content (AvgIpc) is 2.61. The van der Waals surface area contributed by atoms with E-state index in [1.165, 1.54) is 19.3 Å². The summed E-state index contributed by atoms with van der Waals surface area (Å²) in [7, 11) is 3.48. The molecular weight excluding hydrogens is 350 g/mol. The summed E-state index contributed by atoms with van der Waals surface area (Å²) in [6.45, 7) is 5.17. The molecule has 0 radical (unpaired) electrons. The van der Waals surface area contributed by atoms with E-state index in [1.54, 1.807) is 14.2 Å². The molecule has 0 heterocycles. The van der Waals surface area contributed by atoms with Crippen molar-refractivity contribution in [1.82, 2.24) is 10.6 Å². The Morgan fingerprint density at radius 2 is 2.12 bits per heavy atom. The number of ether oxygens (including phenoxy) is 2. The lowest BCUT2D eigenvalue weighted by molar-refractivity contribution is 0.0777. The Morgan fingerprint density at radius 3 is 2.69 bits per heavy atom. The number of hydrogen-bond donors (Lipinski definition) is 2. The molecule has 1 aromatic carbocycles. The van der Waals surface area contributed by atoms with E-state index in [9.17, 15) is 0 Å². The number of methoxy groups -OCH3 is 2. The number of guanidine groups is 1. The molecule has 6 heteroatoms. The third-order valence-corrected chi connectivity index (χ3v) is 5.36. The van der Waals surface area contributed by atoms with E-state index >= 15 is 0 Å². The first-order valence-corrected chi connectivity index (χ1v) is 9.79. The molecule has 1 fully saturated rings. The minimum Gasteiger partial charge on any atom is -0.385 e. The highest BCUT2D eigenvalue weighted by Crippen LogP contribution is 2.44. The Balaban J connectivity index is 1.95. The Hall–Kier alpha value is -1.30. The van der Waals surface area contributed by atoms with E-state index in [0.717, 1.165) is 42.7 Å². The van der Waals surface area contributed by atoms with Crippen LogP contribution in [-0.4, -0.2) is 46.4 Å². The normalized spacial score (nSPS) is 17.5. The first-order chi connectivity index (χ1) is 12.6. The van der Waals surface area contributed by atoms with Crippen LogP contribution in [-0.2, 0) is 9.47 Å². The predicted octanol–water partition coefficient (Wildman–Crippen LogP) is 3.79. The fraction of sp³-hybridized carbons (Fsp3) is 0.650. The lowest BCUT2D eigenvalue weighted by Crippen LogP contribution is -2.41. The number of nitrogens with zero attached hydrogens (tertiary/aromatic N) is 1. The highest BCUT2D eigenvalue weighted by Gasteiger charge is 2.36. The van der Waals surface area contributed by atoms with Gasteiger partial charge in [-0.1, -0.05) is 30.2 Å². The first-order valence-electron chi connectivity index (χ1n) is 9.42. The van der Waals surface area contributed by atoms with Crippen molar-refractivity contribution in [3.05, 3.63) is 34.9 Å².